The SMILES string of the molecule is NOC(=O)C(N)(O)CO. The average molecular weight is 136 g/mol. The van der Waals surface area contributed by atoms with Crippen molar-refractivity contribution in [1.82, 2.24) is 0 Å². The third-order valence-corrected chi connectivity index (χ3v) is 0.702. The number of hydrogen-bond donors (Lipinski definition) is 4. The second-order valence-electron chi connectivity index (χ2n) is 1.49. The van der Waals surface area contributed by atoms with E-state index in [9.17, 15) is 4.79 Å². The first kappa shape index (κ1) is 8.31. The number of rotatable bonds is 2. The molecule has 0 aromatic carbocycles. The second-order valence-corrected chi connectivity index (χ2v) is 1.49. The predicted octanol–water partition coefficient (Wildman–Crippen LogP) is -2.96. The summed E-state index contributed by atoms with van der Waals surface area (Å²) in [7, 11) is 0. The first-order chi connectivity index (χ1) is 4.04. The third kappa shape index (κ3) is 1.94. The standard InChI is InChI=1S/C3H8N2O4/c4-3(8,1-6)2(7)9-5/h6,8H,1,4-5H2. The summed E-state index contributed by atoms with van der Waals surface area (Å²) < 4.78 is 0. The molecule has 0 amide bonds. The van der Waals surface area contributed by atoms with Crippen LogP contribution in [0.2, 0.25) is 0 Å². The van der Waals surface area contributed by atoms with E-state index in [0.717, 1.165) is 0 Å². The van der Waals surface area contributed by atoms with Gasteiger partial charge < -0.3 is 15.1 Å². The van der Waals surface area contributed by atoms with Gasteiger partial charge in [-0.15, -0.1) is 0 Å². The number of aliphatic hydroxyl groups is 2. The molecule has 0 saturated heterocycles. The van der Waals surface area contributed by atoms with E-state index in [2.05, 4.69) is 10.7 Å². The summed E-state index contributed by atoms with van der Waals surface area (Å²) in [4.78, 5) is 13.7. The molecule has 1 atom stereocenters. The number of aliphatic hydroxyl groups excluding tert-OH is 1. The van der Waals surface area contributed by atoms with Crippen LogP contribution in [0.15, 0.2) is 0 Å². The summed E-state index contributed by atoms with van der Waals surface area (Å²) in [6.45, 7) is -0.928. The first-order valence-electron chi connectivity index (χ1n) is 2.08. The van der Waals surface area contributed by atoms with Gasteiger partial charge in [0.2, 0.25) is 5.72 Å². The Morgan fingerprint density at radius 1 is 1.78 bits per heavy atom. The van der Waals surface area contributed by atoms with Gasteiger partial charge >= 0.3 is 5.97 Å². The van der Waals surface area contributed by atoms with Gasteiger partial charge in [-0.2, -0.15) is 5.90 Å². The average Bonchev–Trinajstić information content (AvgIpc) is 1.86. The van der Waals surface area contributed by atoms with Crippen LogP contribution in [-0.4, -0.2) is 28.5 Å². The van der Waals surface area contributed by atoms with Crippen molar-refractivity contribution in [2.45, 2.75) is 5.72 Å². The van der Waals surface area contributed by atoms with Crippen LogP contribution in [0.25, 0.3) is 0 Å². The number of carbonyl (C=O) groups excluding carboxylic acids is 1. The normalized spacial score (nSPS) is 16.4. The lowest BCUT2D eigenvalue weighted by atomic mass is 10.3. The Bertz CT molecular complexity index is 112. The Labute approximate surface area is 51.0 Å². The molecular weight excluding hydrogens is 128 g/mol. The van der Waals surface area contributed by atoms with Crippen molar-refractivity contribution in [3.05, 3.63) is 0 Å². The maximum Gasteiger partial charge on any atom is 0.374 e. The summed E-state index contributed by atoms with van der Waals surface area (Å²) in [6.07, 6.45) is 0. The van der Waals surface area contributed by atoms with Gasteiger partial charge in [-0.1, -0.05) is 0 Å². The molecule has 0 aliphatic heterocycles. The molecule has 6 nitrogen and oxygen atoms in total. The fraction of sp³-hybridized carbons (Fsp3) is 0.667. The van der Waals surface area contributed by atoms with Crippen LogP contribution in [0, 0.1) is 0 Å². The van der Waals surface area contributed by atoms with E-state index in [-0.39, 0.29) is 0 Å². The van der Waals surface area contributed by atoms with E-state index in [1.165, 1.54) is 0 Å². The molecule has 6 N–H and O–H groups in total. The Morgan fingerprint density at radius 2 is 2.22 bits per heavy atom. The third-order valence-electron chi connectivity index (χ3n) is 0.702. The van der Waals surface area contributed by atoms with E-state index >= 15 is 0 Å². The highest BCUT2D eigenvalue weighted by molar-refractivity contribution is 5.78. The van der Waals surface area contributed by atoms with Crippen LogP contribution in [-0.2, 0) is 9.63 Å². The molecule has 0 saturated carbocycles. The Morgan fingerprint density at radius 3 is 2.33 bits per heavy atom. The molecule has 0 heterocycles. The van der Waals surface area contributed by atoms with E-state index in [1.807, 2.05) is 0 Å². The molecule has 1 unspecified atom stereocenters. The van der Waals surface area contributed by atoms with Crippen molar-refractivity contribution in [3.8, 4) is 0 Å². The molecule has 0 aliphatic rings. The quantitative estimate of drug-likeness (QED) is 0.238. The Hall–Kier alpha value is -0.690. The zero-order chi connectivity index (χ0) is 7.49. The molecule has 9 heavy (non-hydrogen) atoms. The van der Waals surface area contributed by atoms with Crippen LogP contribution in [0.3, 0.4) is 0 Å². The number of carbonyl (C=O) groups is 1. The van der Waals surface area contributed by atoms with Gasteiger partial charge in [0.15, 0.2) is 0 Å². The van der Waals surface area contributed by atoms with Gasteiger partial charge in [0.1, 0.15) is 0 Å². The highest BCUT2D eigenvalue weighted by Gasteiger charge is 2.31. The van der Waals surface area contributed by atoms with Crippen LogP contribution in [0.4, 0.5) is 0 Å². The number of hydrogen-bond acceptors (Lipinski definition) is 6. The molecule has 0 aliphatic carbocycles. The van der Waals surface area contributed by atoms with Gasteiger partial charge in [-0.05, 0) is 0 Å². The maximum absolute atomic E-state index is 10.2. The maximum atomic E-state index is 10.2. The lowest BCUT2D eigenvalue weighted by Crippen LogP contribution is -2.52. The summed E-state index contributed by atoms with van der Waals surface area (Å²) in [5.41, 5.74) is 2.34. The van der Waals surface area contributed by atoms with Gasteiger partial charge in [-0.25, -0.2) is 4.79 Å². The highest BCUT2D eigenvalue weighted by Crippen LogP contribution is 1.93. The van der Waals surface area contributed by atoms with Gasteiger partial charge in [-0.3, -0.25) is 5.73 Å². The highest BCUT2D eigenvalue weighted by atomic mass is 16.7. The molecule has 0 bridgehead atoms. The van der Waals surface area contributed by atoms with Crippen LogP contribution in [0.1, 0.15) is 0 Å². The molecule has 6 heteroatoms. The summed E-state index contributed by atoms with van der Waals surface area (Å²) in [5.74, 6) is 3.06. The van der Waals surface area contributed by atoms with Crippen LogP contribution < -0.4 is 11.6 Å². The first-order valence-corrected chi connectivity index (χ1v) is 2.08. The monoisotopic (exact) mass is 136 g/mol. The van der Waals surface area contributed by atoms with Crippen molar-refractivity contribution in [2.24, 2.45) is 11.6 Å². The lowest BCUT2D eigenvalue weighted by Gasteiger charge is -2.14. The molecule has 0 aromatic heterocycles. The fourth-order valence-electron chi connectivity index (χ4n) is 0.167. The molecule has 0 spiro atoms. The van der Waals surface area contributed by atoms with Crippen molar-refractivity contribution < 1.29 is 19.8 Å². The lowest BCUT2D eigenvalue weighted by molar-refractivity contribution is -0.169. The van der Waals surface area contributed by atoms with Gasteiger partial charge in [0, 0.05) is 0 Å². The molecular formula is C3H8N2O4. The predicted molar refractivity (Wildman–Crippen MR) is 26.5 cm³/mol. The van der Waals surface area contributed by atoms with Gasteiger partial charge in [0.25, 0.3) is 0 Å². The smallest absolute Gasteiger partial charge is 0.374 e. The molecule has 0 aromatic rings. The number of nitrogens with two attached hydrogens (primary N) is 2. The molecule has 0 radical (unpaired) electrons. The van der Waals surface area contributed by atoms with Gasteiger partial charge in [0.05, 0.1) is 6.61 Å². The largest absolute Gasteiger partial charge is 0.391 e. The Kier molecular flexibility index (Phi) is 2.53. The fourth-order valence-corrected chi connectivity index (χ4v) is 0.167. The minimum atomic E-state index is -2.38. The minimum Gasteiger partial charge on any atom is -0.391 e. The van der Waals surface area contributed by atoms with E-state index < -0.39 is 18.3 Å². The molecule has 0 fully saturated rings. The van der Waals surface area contributed by atoms with E-state index in [0.29, 0.717) is 0 Å². The van der Waals surface area contributed by atoms with E-state index in [4.69, 9.17) is 15.9 Å². The van der Waals surface area contributed by atoms with Crippen LogP contribution >= 0.6 is 0 Å². The Balaban J connectivity index is 3.97. The summed E-state index contributed by atoms with van der Waals surface area (Å²) in [5, 5.41) is 16.7. The summed E-state index contributed by atoms with van der Waals surface area (Å²) >= 11 is 0. The van der Waals surface area contributed by atoms with Crippen LogP contribution in [0.5, 0.6) is 0 Å². The topological polar surface area (TPSA) is 119 Å². The second kappa shape index (κ2) is 2.74. The minimum absolute atomic E-state index is 0.928. The van der Waals surface area contributed by atoms with Crippen molar-refractivity contribution >= 4 is 5.97 Å². The van der Waals surface area contributed by atoms with E-state index in [1.54, 1.807) is 0 Å². The summed E-state index contributed by atoms with van der Waals surface area (Å²) in [6, 6.07) is 0. The zero-order valence-corrected chi connectivity index (χ0v) is 4.57. The zero-order valence-electron chi connectivity index (χ0n) is 4.57. The molecule has 54 valence electrons. The van der Waals surface area contributed by atoms with Crippen molar-refractivity contribution in [1.29, 1.82) is 0 Å². The molecule has 0 rings (SSSR count). The van der Waals surface area contributed by atoms with Crippen molar-refractivity contribution in [2.75, 3.05) is 6.61 Å². The van der Waals surface area contributed by atoms with Crippen molar-refractivity contribution in [3.63, 3.8) is 0 Å².